The number of hydrogen-bond acceptors (Lipinski definition) is 4. The Morgan fingerprint density at radius 1 is 0.968 bits per heavy atom. The van der Waals surface area contributed by atoms with Crippen LogP contribution in [-0.2, 0) is 24.2 Å². The molecule has 158 valence electrons. The SMILES string of the molecule is COc1ccc(Cn2c(CCC(=O)NCCc3ccccc3)nc3cccnc32)cc1. The molecule has 0 saturated heterocycles. The van der Waals surface area contributed by atoms with Crippen molar-refractivity contribution in [3.05, 3.63) is 89.9 Å². The third-order valence-electron chi connectivity index (χ3n) is 5.24. The van der Waals surface area contributed by atoms with Gasteiger partial charge in [0.05, 0.1) is 13.7 Å². The zero-order valence-corrected chi connectivity index (χ0v) is 17.6. The van der Waals surface area contributed by atoms with E-state index in [2.05, 4.69) is 27.0 Å². The van der Waals surface area contributed by atoms with Gasteiger partial charge in [0.15, 0.2) is 5.65 Å². The van der Waals surface area contributed by atoms with Crippen molar-refractivity contribution in [1.29, 1.82) is 0 Å². The summed E-state index contributed by atoms with van der Waals surface area (Å²) in [5.74, 6) is 1.72. The van der Waals surface area contributed by atoms with E-state index in [1.165, 1.54) is 5.56 Å². The highest BCUT2D eigenvalue weighted by molar-refractivity contribution is 5.76. The average molecular weight is 415 g/mol. The molecule has 0 saturated carbocycles. The van der Waals surface area contributed by atoms with Crippen LogP contribution in [0.25, 0.3) is 11.2 Å². The van der Waals surface area contributed by atoms with Gasteiger partial charge in [0.1, 0.15) is 17.1 Å². The first-order chi connectivity index (χ1) is 15.2. The number of methoxy groups -OCH3 is 1. The second-order valence-corrected chi connectivity index (χ2v) is 7.39. The molecule has 0 bridgehead atoms. The maximum atomic E-state index is 12.4. The predicted octanol–water partition coefficient (Wildman–Crippen LogP) is 3.78. The number of nitrogens with zero attached hydrogens (tertiary/aromatic N) is 3. The molecule has 0 aliphatic carbocycles. The van der Waals surface area contributed by atoms with Crippen LogP contribution in [0.15, 0.2) is 72.9 Å². The standard InChI is InChI=1S/C25H26N4O2/c1-31-21-11-9-20(10-12-21)18-29-23(28-22-8-5-16-27-25(22)29)13-14-24(30)26-17-15-19-6-3-2-4-7-19/h2-12,16H,13-15,17-18H2,1H3,(H,26,30). The minimum absolute atomic E-state index is 0.0342. The molecule has 0 fully saturated rings. The van der Waals surface area contributed by atoms with Crippen LogP contribution in [0.2, 0.25) is 0 Å². The van der Waals surface area contributed by atoms with Crippen LogP contribution in [-0.4, -0.2) is 34.1 Å². The molecule has 1 N–H and O–H groups in total. The third kappa shape index (κ3) is 5.28. The molecule has 0 atom stereocenters. The van der Waals surface area contributed by atoms with E-state index < -0.39 is 0 Å². The van der Waals surface area contributed by atoms with E-state index in [-0.39, 0.29) is 5.91 Å². The number of carbonyl (C=O) groups is 1. The van der Waals surface area contributed by atoms with E-state index in [9.17, 15) is 4.79 Å². The second kappa shape index (κ2) is 9.89. The van der Waals surface area contributed by atoms with Crippen LogP contribution in [0.1, 0.15) is 23.4 Å². The third-order valence-corrected chi connectivity index (χ3v) is 5.24. The van der Waals surface area contributed by atoms with Gasteiger partial charge in [-0.3, -0.25) is 4.79 Å². The monoisotopic (exact) mass is 414 g/mol. The molecule has 4 rings (SSSR count). The Bertz CT molecular complexity index is 1140. The first-order valence-electron chi connectivity index (χ1n) is 10.5. The number of benzene rings is 2. The molecule has 6 heteroatoms. The molecular weight excluding hydrogens is 388 g/mol. The molecule has 2 aromatic carbocycles. The second-order valence-electron chi connectivity index (χ2n) is 7.39. The molecule has 2 aromatic heterocycles. The van der Waals surface area contributed by atoms with E-state index in [0.717, 1.165) is 34.7 Å². The minimum Gasteiger partial charge on any atom is -0.497 e. The van der Waals surface area contributed by atoms with Crippen molar-refractivity contribution in [2.24, 2.45) is 0 Å². The Hall–Kier alpha value is -3.67. The smallest absolute Gasteiger partial charge is 0.220 e. The first kappa shape index (κ1) is 20.6. The Morgan fingerprint density at radius 2 is 1.77 bits per heavy atom. The van der Waals surface area contributed by atoms with Crippen molar-refractivity contribution in [3.63, 3.8) is 0 Å². The number of pyridine rings is 1. The van der Waals surface area contributed by atoms with E-state index >= 15 is 0 Å². The fourth-order valence-corrected chi connectivity index (χ4v) is 3.58. The average Bonchev–Trinajstić information content (AvgIpc) is 3.16. The van der Waals surface area contributed by atoms with Crippen molar-refractivity contribution in [2.75, 3.05) is 13.7 Å². The van der Waals surface area contributed by atoms with Crippen molar-refractivity contribution in [3.8, 4) is 5.75 Å². The van der Waals surface area contributed by atoms with Crippen molar-refractivity contribution >= 4 is 17.1 Å². The maximum absolute atomic E-state index is 12.4. The molecule has 1 amide bonds. The van der Waals surface area contributed by atoms with Gasteiger partial charge in [0.2, 0.25) is 5.91 Å². The Balaban J connectivity index is 1.41. The summed E-state index contributed by atoms with van der Waals surface area (Å²) in [6, 6.07) is 22.0. The highest BCUT2D eigenvalue weighted by Crippen LogP contribution is 2.19. The molecule has 0 spiro atoms. The van der Waals surface area contributed by atoms with Gasteiger partial charge in [-0.2, -0.15) is 0 Å². The number of aromatic nitrogens is 3. The maximum Gasteiger partial charge on any atom is 0.220 e. The van der Waals surface area contributed by atoms with Crippen LogP contribution >= 0.6 is 0 Å². The van der Waals surface area contributed by atoms with Gasteiger partial charge in [-0.05, 0) is 41.8 Å². The molecule has 31 heavy (non-hydrogen) atoms. The zero-order chi connectivity index (χ0) is 21.5. The number of imidazole rings is 1. The largest absolute Gasteiger partial charge is 0.497 e. The number of nitrogens with one attached hydrogen (secondary N) is 1. The topological polar surface area (TPSA) is 69.0 Å². The van der Waals surface area contributed by atoms with Crippen LogP contribution in [0.5, 0.6) is 5.75 Å². The first-order valence-corrected chi connectivity index (χ1v) is 10.5. The molecule has 4 aromatic rings. The van der Waals surface area contributed by atoms with Crippen LogP contribution in [0, 0.1) is 0 Å². The highest BCUT2D eigenvalue weighted by Gasteiger charge is 2.13. The van der Waals surface area contributed by atoms with Gasteiger partial charge in [0.25, 0.3) is 0 Å². The lowest BCUT2D eigenvalue weighted by molar-refractivity contribution is -0.121. The van der Waals surface area contributed by atoms with Gasteiger partial charge < -0.3 is 14.6 Å². The summed E-state index contributed by atoms with van der Waals surface area (Å²) in [4.78, 5) is 21.6. The number of hydrogen-bond donors (Lipinski definition) is 1. The van der Waals surface area contributed by atoms with Gasteiger partial charge in [0, 0.05) is 25.6 Å². The normalized spacial score (nSPS) is 10.9. The fraction of sp³-hybridized carbons (Fsp3) is 0.240. The molecule has 6 nitrogen and oxygen atoms in total. The Labute approximate surface area is 181 Å². The van der Waals surface area contributed by atoms with E-state index in [1.54, 1.807) is 13.3 Å². The predicted molar refractivity (Wildman–Crippen MR) is 121 cm³/mol. The van der Waals surface area contributed by atoms with E-state index in [0.29, 0.717) is 25.9 Å². The number of aryl methyl sites for hydroxylation is 1. The summed E-state index contributed by atoms with van der Waals surface area (Å²) in [5, 5.41) is 3.01. The Kier molecular flexibility index (Phi) is 6.57. The lowest BCUT2D eigenvalue weighted by Crippen LogP contribution is -2.26. The highest BCUT2D eigenvalue weighted by atomic mass is 16.5. The van der Waals surface area contributed by atoms with Crippen LogP contribution in [0.3, 0.4) is 0 Å². The Morgan fingerprint density at radius 3 is 2.55 bits per heavy atom. The van der Waals surface area contributed by atoms with E-state index in [1.807, 2.05) is 54.6 Å². The quantitative estimate of drug-likeness (QED) is 0.453. The number of ether oxygens (including phenoxy) is 1. The summed E-state index contributed by atoms with van der Waals surface area (Å²) >= 11 is 0. The summed E-state index contributed by atoms with van der Waals surface area (Å²) in [6.45, 7) is 1.27. The molecule has 0 unspecified atom stereocenters. The zero-order valence-electron chi connectivity index (χ0n) is 17.6. The lowest BCUT2D eigenvalue weighted by atomic mass is 10.1. The molecule has 0 radical (unpaired) electrons. The number of amides is 1. The molecule has 0 aliphatic heterocycles. The summed E-state index contributed by atoms with van der Waals surface area (Å²) in [6.07, 6.45) is 3.55. The molecular formula is C25H26N4O2. The molecule has 2 heterocycles. The lowest BCUT2D eigenvalue weighted by Gasteiger charge is -2.10. The fourth-order valence-electron chi connectivity index (χ4n) is 3.58. The van der Waals surface area contributed by atoms with Crippen molar-refractivity contribution in [2.45, 2.75) is 25.8 Å². The minimum atomic E-state index is 0.0342. The van der Waals surface area contributed by atoms with Gasteiger partial charge >= 0.3 is 0 Å². The number of fused-ring (bicyclic) bond motifs is 1. The van der Waals surface area contributed by atoms with Gasteiger partial charge in [-0.15, -0.1) is 0 Å². The van der Waals surface area contributed by atoms with E-state index in [4.69, 9.17) is 9.72 Å². The number of rotatable bonds is 9. The van der Waals surface area contributed by atoms with Crippen LogP contribution in [0.4, 0.5) is 0 Å². The number of carbonyl (C=O) groups excluding carboxylic acids is 1. The van der Waals surface area contributed by atoms with Crippen molar-refractivity contribution in [1.82, 2.24) is 19.9 Å². The summed E-state index contributed by atoms with van der Waals surface area (Å²) < 4.78 is 7.34. The van der Waals surface area contributed by atoms with Gasteiger partial charge in [-0.1, -0.05) is 42.5 Å². The van der Waals surface area contributed by atoms with Crippen LogP contribution < -0.4 is 10.1 Å². The molecule has 0 aliphatic rings. The summed E-state index contributed by atoms with van der Waals surface area (Å²) in [5.41, 5.74) is 4.02. The van der Waals surface area contributed by atoms with Gasteiger partial charge in [-0.25, -0.2) is 9.97 Å². The summed E-state index contributed by atoms with van der Waals surface area (Å²) in [7, 11) is 1.66. The van der Waals surface area contributed by atoms with Crippen molar-refractivity contribution < 1.29 is 9.53 Å².